The molecule has 0 radical (unpaired) electrons. The molecule has 1 saturated carbocycles. The van der Waals surface area contributed by atoms with E-state index in [4.69, 9.17) is 0 Å². The van der Waals surface area contributed by atoms with Gasteiger partial charge < -0.3 is 5.32 Å². The number of benzene rings is 1. The molecule has 2 aliphatic carbocycles. The minimum atomic E-state index is 0.731. The van der Waals surface area contributed by atoms with Gasteiger partial charge in [-0.3, -0.25) is 0 Å². The molecule has 0 heterocycles. The molecule has 0 amide bonds. The smallest absolute Gasteiger partial charge is 0.00754 e. The van der Waals surface area contributed by atoms with Crippen molar-refractivity contribution in [1.82, 2.24) is 5.32 Å². The summed E-state index contributed by atoms with van der Waals surface area (Å²) in [6.45, 7) is 3.38. The Morgan fingerprint density at radius 2 is 1.86 bits per heavy atom. The van der Waals surface area contributed by atoms with Gasteiger partial charge in [0.15, 0.2) is 0 Å². The molecule has 2 unspecified atom stereocenters. The molecule has 116 valence electrons. The average Bonchev–Trinajstić information content (AvgIpc) is 3.01. The van der Waals surface area contributed by atoms with Crippen LogP contribution in [0.15, 0.2) is 24.3 Å². The maximum Gasteiger partial charge on any atom is 0.00754 e. The van der Waals surface area contributed by atoms with Gasteiger partial charge in [-0.1, -0.05) is 56.9 Å². The molecule has 1 aromatic carbocycles. The monoisotopic (exact) mass is 285 g/mol. The maximum absolute atomic E-state index is 3.79. The van der Waals surface area contributed by atoms with Crippen molar-refractivity contribution >= 4 is 0 Å². The van der Waals surface area contributed by atoms with E-state index in [2.05, 4.69) is 36.5 Å². The molecule has 1 N–H and O–H groups in total. The van der Waals surface area contributed by atoms with Crippen molar-refractivity contribution in [1.29, 1.82) is 0 Å². The van der Waals surface area contributed by atoms with Gasteiger partial charge in [-0.15, -0.1) is 0 Å². The van der Waals surface area contributed by atoms with Crippen molar-refractivity contribution in [2.75, 3.05) is 6.54 Å². The zero-order chi connectivity index (χ0) is 14.5. The molecule has 0 aromatic heterocycles. The lowest BCUT2D eigenvalue weighted by molar-refractivity contribution is 0.344. The Labute approximate surface area is 130 Å². The Morgan fingerprint density at radius 3 is 2.67 bits per heavy atom. The molecule has 2 atom stereocenters. The molecule has 21 heavy (non-hydrogen) atoms. The predicted molar refractivity (Wildman–Crippen MR) is 90.8 cm³/mol. The van der Waals surface area contributed by atoms with E-state index in [1.54, 1.807) is 11.1 Å². The molecule has 2 aliphatic rings. The first-order valence-corrected chi connectivity index (χ1v) is 9.18. The maximum atomic E-state index is 3.79. The van der Waals surface area contributed by atoms with Gasteiger partial charge >= 0.3 is 0 Å². The predicted octanol–water partition coefficient (Wildman–Crippen LogP) is 5.06. The van der Waals surface area contributed by atoms with E-state index < -0.39 is 0 Å². The number of fused-ring (bicyclic) bond motifs is 1. The summed E-state index contributed by atoms with van der Waals surface area (Å²) in [4.78, 5) is 0. The Balaban J connectivity index is 1.65. The third-order valence-electron chi connectivity index (χ3n) is 5.65. The molecular formula is C20H31N. The molecule has 3 rings (SSSR count). The van der Waals surface area contributed by atoms with Crippen LogP contribution in [0.4, 0.5) is 0 Å². The van der Waals surface area contributed by atoms with Crippen molar-refractivity contribution < 1.29 is 0 Å². The van der Waals surface area contributed by atoms with E-state index in [1.807, 2.05) is 0 Å². The number of hydrogen-bond donors (Lipinski definition) is 1. The van der Waals surface area contributed by atoms with Crippen LogP contribution in [0.5, 0.6) is 0 Å². The Hall–Kier alpha value is -0.820. The van der Waals surface area contributed by atoms with E-state index in [0.29, 0.717) is 0 Å². The van der Waals surface area contributed by atoms with Crippen molar-refractivity contribution in [3.63, 3.8) is 0 Å². The van der Waals surface area contributed by atoms with Crippen molar-refractivity contribution in [3.8, 4) is 0 Å². The van der Waals surface area contributed by atoms with Gasteiger partial charge in [-0.05, 0) is 61.6 Å². The average molecular weight is 285 g/mol. The molecular weight excluding hydrogens is 254 g/mol. The third-order valence-corrected chi connectivity index (χ3v) is 5.65. The molecule has 0 spiro atoms. The van der Waals surface area contributed by atoms with E-state index in [9.17, 15) is 0 Å². The molecule has 1 heteroatoms. The Kier molecular flexibility index (Phi) is 5.35. The highest BCUT2D eigenvalue weighted by Crippen LogP contribution is 2.37. The van der Waals surface area contributed by atoms with Crippen LogP contribution in [0, 0.1) is 5.92 Å². The topological polar surface area (TPSA) is 12.0 Å². The van der Waals surface area contributed by atoms with Gasteiger partial charge in [0.2, 0.25) is 0 Å². The summed E-state index contributed by atoms with van der Waals surface area (Å²) in [5, 5.41) is 3.79. The van der Waals surface area contributed by atoms with Crippen LogP contribution >= 0.6 is 0 Å². The summed E-state index contributed by atoms with van der Waals surface area (Å²) in [5.41, 5.74) is 3.27. The molecule has 1 fully saturated rings. The lowest BCUT2D eigenvalue weighted by Gasteiger charge is -2.30. The van der Waals surface area contributed by atoms with Crippen molar-refractivity contribution in [2.24, 2.45) is 5.92 Å². The lowest BCUT2D eigenvalue weighted by atomic mass is 9.78. The number of hydrogen-bond acceptors (Lipinski definition) is 1. The zero-order valence-corrected chi connectivity index (χ0v) is 13.6. The second-order valence-corrected chi connectivity index (χ2v) is 7.16. The van der Waals surface area contributed by atoms with Gasteiger partial charge in [-0.25, -0.2) is 0 Å². The normalized spacial score (nSPS) is 24.0. The van der Waals surface area contributed by atoms with Gasteiger partial charge in [0.1, 0.15) is 0 Å². The first-order chi connectivity index (χ1) is 10.4. The largest absolute Gasteiger partial charge is 0.314 e. The minimum absolute atomic E-state index is 0.731. The Bertz CT molecular complexity index is 433. The quantitative estimate of drug-likeness (QED) is 0.770. The molecule has 1 nitrogen and oxygen atoms in total. The highest BCUT2D eigenvalue weighted by Gasteiger charge is 2.25. The van der Waals surface area contributed by atoms with Gasteiger partial charge in [-0.2, -0.15) is 0 Å². The highest BCUT2D eigenvalue weighted by atomic mass is 14.9. The van der Waals surface area contributed by atoms with E-state index in [-0.39, 0.29) is 0 Å². The molecule has 1 aromatic rings. The highest BCUT2D eigenvalue weighted by molar-refractivity contribution is 5.32. The van der Waals surface area contributed by atoms with Gasteiger partial charge in [0.25, 0.3) is 0 Å². The second kappa shape index (κ2) is 7.45. The minimum Gasteiger partial charge on any atom is -0.314 e. The summed E-state index contributed by atoms with van der Waals surface area (Å²) in [6.07, 6.45) is 12.7. The van der Waals surface area contributed by atoms with Crippen LogP contribution in [-0.4, -0.2) is 12.6 Å². The first-order valence-electron chi connectivity index (χ1n) is 9.18. The summed E-state index contributed by atoms with van der Waals surface area (Å²) in [7, 11) is 0. The van der Waals surface area contributed by atoms with Gasteiger partial charge in [0, 0.05) is 6.04 Å². The van der Waals surface area contributed by atoms with E-state index in [1.165, 1.54) is 57.8 Å². The summed E-state index contributed by atoms with van der Waals surface area (Å²) in [6, 6.07) is 9.91. The summed E-state index contributed by atoms with van der Waals surface area (Å²) < 4.78 is 0. The standard InChI is InChI=1S/C20H31N/c1-2-21-19(14-16-8-3-4-9-16)15-18-12-7-11-17-10-5-6-13-20(17)18/h5-6,10,13,16,18-19,21H,2-4,7-9,11-12,14-15H2,1H3. The summed E-state index contributed by atoms with van der Waals surface area (Å²) in [5.74, 6) is 1.79. The van der Waals surface area contributed by atoms with Crippen LogP contribution in [0.1, 0.15) is 75.3 Å². The third kappa shape index (κ3) is 3.88. The molecule has 0 bridgehead atoms. The van der Waals surface area contributed by atoms with Crippen LogP contribution < -0.4 is 5.32 Å². The number of nitrogens with one attached hydrogen (secondary N) is 1. The Morgan fingerprint density at radius 1 is 1.05 bits per heavy atom. The van der Waals surface area contributed by atoms with E-state index in [0.717, 1.165) is 24.4 Å². The van der Waals surface area contributed by atoms with Crippen molar-refractivity contribution in [2.45, 2.75) is 76.7 Å². The van der Waals surface area contributed by atoms with Crippen LogP contribution in [-0.2, 0) is 6.42 Å². The van der Waals surface area contributed by atoms with E-state index >= 15 is 0 Å². The fourth-order valence-electron chi connectivity index (χ4n) is 4.64. The molecule has 0 aliphatic heterocycles. The number of rotatable bonds is 6. The van der Waals surface area contributed by atoms with Crippen LogP contribution in [0.3, 0.4) is 0 Å². The van der Waals surface area contributed by atoms with Crippen molar-refractivity contribution in [3.05, 3.63) is 35.4 Å². The SMILES string of the molecule is CCNC(CC1CCCC1)CC1CCCc2ccccc21. The lowest BCUT2D eigenvalue weighted by Crippen LogP contribution is -2.33. The van der Waals surface area contributed by atoms with Crippen LogP contribution in [0.25, 0.3) is 0 Å². The number of aryl methyl sites for hydroxylation is 1. The fraction of sp³-hybridized carbons (Fsp3) is 0.700. The summed E-state index contributed by atoms with van der Waals surface area (Å²) >= 11 is 0. The van der Waals surface area contributed by atoms with Gasteiger partial charge in [0.05, 0.1) is 0 Å². The molecule has 0 saturated heterocycles. The first kappa shape index (κ1) is 15.1. The fourth-order valence-corrected chi connectivity index (χ4v) is 4.64. The second-order valence-electron chi connectivity index (χ2n) is 7.16. The van der Waals surface area contributed by atoms with Crippen LogP contribution in [0.2, 0.25) is 0 Å². The zero-order valence-electron chi connectivity index (χ0n) is 13.6.